The zero-order valence-corrected chi connectivity index (χ0v) is 28.0. The van der Waals surface area contributed by atoms with Gasteiger partial charge in [-0.1, -0.05) is 40.8 Å². The van der Waals surface area contributed by atoms with E-state index in [4.69, 9.17) is 70.6 Å². The Morgan fingerprint density at radius 3 is 1.90 bits per heavy atom. The number of benzene rings is 3. The van der Waals surface area contributed by atoms with Crippen molar-refractivity contribution in [2.75, 3.05) is 17.2 Å². The van der Waals surface area contributed by atoms with Crippen LogP contribution in [0.15, 0.2) is 60.7 Å². The van der Waals surface area contributed by atoms with Crippen molar-refractivity contribution in [3.05, 3.63) is 94.3 Å². The van der Waals surface area contributed by atoms with Crippen LogP contribution in [0.25, 0.3) is 0 Å². The number of carbonyl (C=O) groups is 2. The number of halogens is 4. The van der Waals surface area contributed by atoms with Crippen molar-refractivity contribution in [3.63, 3.8) is 0 Å². The number of hydrogen-bond donors (Lipinski definition) is 2. The number of aryl methyl sites for hydroxylation is 2. The Bertz CT molecular complexity index is 1810. The van der Waals surface area contributed by atoms with E-state index in [2.05, 4.69) is 10.6 Å². The van der Waals surface area contributed by atoms with Crippen LogP contribution in [0, 0.1) is 25.6 Å². The van der Waals surface area contributed by atoms with Gasteiger partial charge in [0, 0.05) is 17.9 Å². The fourth-order valence-electron chi connectivity index (χ4n) is 7.07. The minimum Gasteiger partial charge on any atom is -0.390 e. The summed E-state index contributed by atoms with van der Waals surface area (Å²) >= 11 is 0. The normalized spacial score (nSPS) is 22.9. The summed E-state index contributed by atoms with van der Waals surface area (Å²) in [5, 5.41) is -3.75. The molecule has 1 aliphatic heterocycles. The molecule has 3 aromatic carbocycles. The molecule has 2 atom stereocenters. The highest BCUT2D eigenvalue weighted by atomic mass is 19.4. The maximum atomic E-state index is 15.1. The maximum absolute atomic E-state index is 15.1. The summed E-state index contributed by atoms with van der Waals surface area (Å²) in [6, 6.07) is 12.8. The molecular weight excluding hydrogens is 644 g/mol. The highest BCUT2D eigenvalue weighted by Crippen LogP contribution is 2.79. The smallest absolute Gasteiger partial charge is 0.390 e. The van der Waals surface area contributed by atoms with Gasteiger partial charge in [-0.2, -0.15) is 13.2 Å². The van der Waals surface area contributed by atoms with Crippen molar-refractivity contribution in [1.29, 1.82) is 0 Å². The maximum Gasteiger partial charge on any atom is 0.416 e. The molecule has 51 heavy (non-hydrogen) atoms. The Balaban J connectivity index is 1.54. The molecule has 1 aliphatic carbocycles. The number of carbonyl (C=O) groups excluding carboxylic acids is 2. The van der Waals surface area contributed by atoms with Gasteiger partial charge < -0.3 is 15.5 Å². The average molecular weight is 670 g/mol. The average Bonchev–Trinajstić information content (AvgIpc) is 3.09. The molecule has 240 valence electrons. The Morgan fingerprint density at radius 1 is 0.784 bits per heavy atom. The molecule has 1 heterocycles. The van der Waals surface area contributed by atoms with Crippen LogP contribution in [0.1, 0.15) is 51.5 Å². The summed E-state index contributed by atoms with van der Waals surface area (Å²) < 4.78 is 56.1. The SMILES string of the molecule is [B]C1([B])C([B])([B])C([B])([B])C([B])(Nc2ccc([C@H]3[C@@H](C(=O)Nc4ccc(C)c(C(F)(F)F)c4)CCCN3C(=O)c3c(C)cccc3F)cc2)C1([B])[B]. The predicted molar refractivity (Wildman–Crippen MR) is 198 cm³/mol. The molecule has 5 rings (SSSR count). The number of nitrogens with one attached hydrogen (secondary N) is 2. The number of piperidine rings is 1. The monoisotopic (exact) mass is 671 g/mol. The molecule has 0 aromatic heterocycles. The van der Waals surface area contributed by atoms with E-state index in [-0.39, 0.29) is 35.5 Å². The Morgan fingerprint density at radius 2 is 1.35 bits per heavy atom. The van der Waals surface area contributed by atoms with Crippen molar-refractivity contribution in [2.45, 2.75) is 65.2 Å². The molecule has 18 radical (unpaired) electrons. The fraction of sp³-hybridized carbons (Fsp3) is 0.394. The lowest BCUT2D eigenvalue weighted by atomic mass is 9.17. The molecule has 5 nitrogen and oxygen atoms in total. The third-order valence-electron chi connectivity index (χ3n) is 10.4. The Labute approximate surface area is 307 Å². The van der Waals surface area contributed by atoms with Gasteiger partial charge in [-0.05, 0) is 79.1 Å². The summed E-state index contributed by atoms with van der Waals surface area (Å²) in [5.41, 5.74) is -2.41. The van der Waals surface area contributed by atoms with E-state index in [1.165, 1.54) is 42.2 Å². The molecule has 1 saturated heterocycles. The van der Waals surface area contributed by atoms with Gasteiger partial charge in [0.1, 0.15) is 13.7 Å². The quantitative estimate of drug-likeness (QED) is 0.311. The zero-order valence-electron chi connectivity index (χ0n) is 28.0. The van der Waals surface area contributed by atoms with Crippen LogP contribution >= 0.6 is 0 Å². The number of amides is 2. The standard InChI is InChI=1S/C33H26B9F4N3O2/c1-16-8-11-20(15-22(16)28(44,45)46)47-26(50)21-6-4-14-49(27(51)24-17(2)5-3-7-23(24)43)25(21)18-9-12-19(13-10-18)48-33(42)31(38,39)29(34,35)30(36,37)32(33,40)41/h3,5,7-13,15,21,25,48H,4,6,14H2,1-2H3,(H,47,50)/t21-,25-/m0/s1. The minimum atomic E-state index is -4.65. The first kappa shape index (κ1) is 38.9. The van der Waals surface area contributed by atoms with Gasteiger partial charge in [-0.25, -0.2) is 4.39 Å². The number of rotatable bonds is 6. The zero-order chi connectivity index (χ0) is 38.1. The second-order valence-electron chi connectivity index (χ2n) is 13.7. The lowest BCUT2D eigenvalue weighted by Gasteiger charge is -2.54. The Kier molecular flexibility index (Phi) is 9.90. The van der Waals surface area contributed by atoms with Gasteiger partial charge in [0.2, 0.25) is 5.91 Å². The van der Waals surface area contributed by atoms with Gasteiger partial charge in [0.05, 0.1) is 85.9 Å². The van der Waals surface area contributed by atoms with Crippen molar-refractivity contribution in [3.8, 4) is 0 Å². The minimum absolute atomic E-state index is 0.0195. The first-order valence-electron chi connectivity index (χ1n) is 15.9. The summed E-state index contributed by atoms with van der Waals surface area (Å²) in [4.78, 5) is 29.3. The molecule has 2 N–H and O–H groups in total. The lowest BCUT2D eigenvalue weighted by Crippen LogP contribution is -2.57. The molecule has 2 aliphatic rings. The summed E-state index contributed by atoms with van der Waals surface area (Å²) in [6.07, 6.45) is -4.06. The summed E-state index contributed by atoms with van der Waals surface area (Å²) in [5.74, 6) is -3.05. The largest absolute Gasteiger partial charge is 0.416 e. The predicted octanol–water partition coefficient (Wildman–Crippen LogP) is 3.80. The van der Waals surface area contributed by atoms with Gasteiger partial charge in [-0.15, -0.1) is 10.4 Å². The third-order valence-corrected chi connectivity index (χ3v) is 10.4. The van der Waals surface area contributed by atoms with Crippen molar-refractivity contribution in [2.24, 2.45) is 5.92 Å². The summed E-state index contributed by atoms with van der Waals surface area (Å²) in [6.45, 7) is 3.04. The van der Waals surface area contributed by atoms with Gasteiger partial charge in [0.15, 0.2) is 0 Å². The van der Waals surface area contributed by atoms with E-state index in [1.54, 1.807) is 25.1 Å². The highest BCUT2D eigenvalue weighted by molar-refractivity contribution is 6.71. The lowest BCUT2D eigenvalue weighted by molar-refractivity contribution is -0.138. The van der Waals surface area contributed by atoms with Gasteiger partial charge >= 0.3 is 6.18 Å². The molecule has 2 fully saturated rings. The van der Waals surface area contributed by atoms with Gasteiger partial charge in [0.25, 0.3) is 5.91 Å². The number of anilines is 2. The second kappa shape index (κ2) is 13.0. The van der Waals surface area contributed by atoms with E-state index in [0.717, 1.165) is 12.1 Å². The van der Waals surface area contributed by atoms with Gasteiger partial charge in [-0.3, -0.25) is 9.59 Å². The molecule has 18 heteroatoms. The van der Waals surface area contributed by atoms with Crippen LogP contribution in [0.5, 0.6) is 0 Å². The first-order chi connectivity index (χ1) is 23.4. The molecule has 0 unspecified atom stereocenters. The van der Waals surface area contributed by atoms with Crippen LogP contribution in [0.4, 0.5) is 28.9 Å². The van der Waals surface area contributed by atoms with E-state index in [9.17, 15) is 22.8 Å². The van der Waals surface area contributed by atoms with Crippen molar-refractivity contribution in [1.82, 2.24) is 4.90 Å². The molecule has 0 bridgehead atoms. The Hall–Kier alpha value is -3.30. The van der Waals surface area contributed by atoms with E-state index >= 15 is 4.39 Å². The third kappa shape index (κ3) is 6.10. The molecule has 3 aromatic rings. The van der Waals surface area contributed by atoms with E-state index in [1.807, 2.05) is 0 Å². The van der Waals surface area contributed by atoms with Crippen molar-refractivity contribution >= 4 is 93.8 Å². The highest BCUT2D eigenvalue weighted by Gasteiger charge is 2.69. The van der Waals surface area contributed by atoms with Crippen molar-refractivity contribution < 1.29 is 27.2 Å². The fourth-order valence-corrected chi connectivity index (χ4v) is 7.07. The number of nitrogens with zero attached hydrogens (tertiary/aromatic N) is 1. The van der Waals surface area contributed by atoms with E-state index in [0.29, 0.717) is 17.5 Å². The first-order valence-corrected chi connectivity index (χ1v) is 15.9. The second-order valence-corrected chi connectivity index (χ2v) is 13.7. The molecular formula is C33H26B9F4N3O2. The number of alkyl halides is 3. The number of hydrogen-bond acceptors (Lipinski definition) is 3. The van der Waals surface area contributed by atoms with E-state index < -0.39 is 67.6 Å². The molecule has 2 amide bonds. The molecule has 1 saturated carbocycles. The van der Waals surface area contributed by atoms with Crippen LogP contribution < -0.4 is 10.6 Å². The topological polar surface area (TPSA) is 61.4 Å². The molecule has 0 spiro atoms. The summed E-state index contributed by atoms with van der Waals surface area (Å²) in [7, 11) is 56.4. The van der Waals surface area contributed by atoms with Crippen LogP contribution in [0.2, 0.25) is 20.9 Å². The van der Waals surface area contributed by atoms with Crippen LogP contribution in [0.3, 0.4) is 0 Å². The van der Waals surface area contributed by atoms with Crippen LogP contribution in [-0.2, 0) is 11.0 Å². The van der Waals surface area contributed by atoms with Crippen LogP contribution in [-0.4, -0.2) is 99.3 Å². The number of likely N-dealkylation sites (tertiary alicyclic amines) is 1.